The van der Waals surface area contributed by atoms with Crippen LogP contribution >= 0.6 is 0 Å². The first-order valence-corrected chi connectivity index (χ1v) is 11.4. The van der Waals surface area contributed by atoms with Crippen LogP contribution in [0.5, 0.6) is 0 Å². The third kappa shape index (κ3) is 4.95. The number of carbonyl (C=O) groups is 1. The number of carbonyl (C=O) groups excluding carboxylic acids is 1. The van der Waals surface area contributed by atoms with E-state index in [1.54, 1.807) is 0 Å². The van der Waals surface area contributed by atoms with Gasteiger partial charge in [0.15, 0.2) is 0 Å². The quantitative estimate of drug-likeness (QED) is 0.781. The van der Waals surface area contributed by atoms with Gasteiger partial charge in [-0.25, -0.2) is 0 Å². The topological polar surface area (TPSA) is 53.4 Å². The maximum Gasteiger partial charge on any atom is 0.224 e. The largest absolute Gasteiger partial charge is 0.353 e. The van der Waals surface area contributed by atoms with Crippen molar-refractivity contribution < 1.29 is 4.79 Å². The normalized spacial score (nSPS) is 25.1. The summed E-state index contributed by atoms with van der Waals surface area (Å²) in [5.41, 5.74) is 2.55. The van der Waals surface area contributed by atoms with Crippen LogP contribution in [0.1, 0.15) is 63.1 Å². The Bertz CT molecular complexity index is 660. The van der Waals surface area contributed by atoms with Gasteiger partial charge < -0.3 is 5.32 Å². The van der Waals surface area contributed by atoms with E-state index in [1.807, 2.05) is 0 Å². The molecule has 1 aromatic rings. The Kier molecular flexibility index (Phi) is 6.36. The first kappa shape index (κ1) is 19.9. The number of rotatable bonds is 7. The molecule has 3 fully saturated rings. The summed E-state index contributed by atoms with van der Waals surface area (Å²) in [6, 6.07) is 1.13. The highest BCUT2D eigenvalue weighted by Gasteiger charge is 2.33. The van der Waals surface area contributed by atoms with Gasteiger partial charge in [0.1, 0.15) is 0 Å². The fourth-order valence-electron chi connectivity index (χ4n) is 4.84. The maximum absolute atomic E-state index is 12.5. The Morgan fingerprint density at radius 1 is 1.18 bits per heavy atom. The lowest BCUT2D eigenvalue weighted by atomic mass is 9.93. The average molecular weight is 388 g/mol. The van der Waals surface area contributed by atoms with Crippen LogP contribution in [0.4, 0.5) is 0 Å². The van der Waals surface area contributed by atoms with E-state index in [0.717, 1.165) is 45.6 Å². The Hall–Kier alpha value is -1.40. The Labute approximate surface area is 169 Å². The molecular weight excluding hydrogens is 350 g/mol. The zero-order valence-electron chi connectivity index (χ0n) is 17.7. The van der Waals surface area contributed by atoms with Gasteiger partial charge in [-0.15, -0.1) is 0 Å². The van der Waals surface area contributed by atoms with Crippen molar-refractivity contribution in [2.75, 3.05) is 26.2 Å². The lowest BCUT2D eigenvalue weighted by Crippen LogP contribution is -2.50. The molecule has 1 atom stereocenters. The van der Waals surface area contributed by atoms with E-state index in [2.05, 4.69) is 44.9 Å². The van der Waals surface area contributed by atoms with E-state index in [9.17, 15) is 4.79 Å². The van der Waals surface area contributed by atoms with E-state index in [0.29, 0.717) is 18.0 Å². The summed E-state index contributed by atoms with van der Waals surface area (Å²) in [5, 5.41) is 7.86. The summed E-state index contributed by atoms with van der Waals surface area (Å²) in [5.74, 6) is 0.517. The lowest BCUT2D eigenvalue weighted by Gasteiger charge is -2.42. The molecule has 0 bridgehead atoms. The van der Waals surface area contributed by atoms with Gasteiger partial charge in [0.05, 0.1) is 11.6 Å². The molecule has 1 saturated carbocycles. The van der Waals surface area contributed by atoms with Gasteiger partial charge in [-0.2, -0.15) is 5.10 Å². The fourth-order valence-corrected chi connectivity index (χ4v) is 4.84. The molecule has 3 heterocycles. The van der Waals surface area contributed by atoms with E-state index >= 15 is 0 Å². The van der Waals surface area contributed by atoms with Crippen molar-refractivity contribution in [2.45, 2.75) is 84.0 Å². The van der Waals surface area contributed by atoms with Crippen LogP contribution in [0.15, 0.2) is 6.20 Å². The number of likely N-dealkylation sites (tertiary alicyclic amines) is 2. The summed E-state index contributed by atoms with van der Waals surface area (Å²) < 4.78 is 2.10. The molecule has 0 spiro atoms. The van der Waals surface area contributed by atoms with E-state index in [4.69, 9.17) is 0 Å². The smallest absolute Gasteiger partial charge is 0.224 e. The van der Waals surface area contributed by atoms with Crippen LogP contribution in [-0.4, -0.2) is 63.8 Å². The minimum atomic E-state index is 0.208. The zero-order valence-corrected chi connectivity index (χ0v) is 17.7. The molecule has 6 nitrogen and oxygen atoms in total. The highest BCUT2D eigenvalue weighted by molar-refractivity contribution is 5.79. The highest BCUT2D eigenvalue weighted by Crippen LogP contribution is 2.26. The Morgan fingerprint density at radius 2 is 1.96 bits per heavy atom. The molecule has 6 heteroatoms. The Morgan fingerprint density at radius 3 is 2.68 bits per heavy atom. The summed E-state index contributed by atoms with van der Waals surface area (Å²) in [6.07, 6.45) is 10.4. The molecule has 156 valence electrons. The molecule has 1 N–H and O–H groups in total. The fraction of sp³-hybridized carbons (Fsp3) is 0.818. The average Bonchev–Trinajstić information content (AvgIpc) is 3.45. The predicted molar refractivity (Wildman–Crippen MR) is 111 cm³/mol. The number of amides is 1. The van der Waals surface area contributed by atoms with Gasteiger partial charge in [0.25, 0.3) is 0 Å². The van der Waals surface area contributed by atoms with Crippen molar-refractivity contribution >= 4 is 5.91 Å². The van der Waals surface area contributed by atoms with Crippen molar-refractivity contribution in [3.05, 3.63) is 17.5 Å². The molecule has 2 saturated heterocycles. The SMILES string of the molecule is CCCn1cc(CN2CCC(N3CCCC(C(=O)NC4CC4)C3)CC2)c(C)n1. The third-order valence-corrected chi connectivity index (χ3v) is 6.72. The van der Waals surface area contributed by atoms with Gasteiger partial charge in [-0.3, -0.25) is 19.3 Å². The molecule has 3 aliphatic rings. The molecule has 4 rings (SSSR count). The number of aromatic nitrogens is 2. The summed E-state index contributed by atoms with van der Waals surface area (Å²) in [4.78, 5) is 17.7. The molecule has 0 radical (unpaired) electrons. The molecule has 1 aliphatic carbocycles. The first-order valence-electron chi connectivity index (χ1n) is 11.4. The van der Waals surface area contributed by atoms with Crippen LogP contribution in [-0.2, 0) is 17.9 Å². The van der Waals surface area contributed by atoms with E-state index < -0.39 is 0 Å². The lowest BCUT2D eigenvalue weighted by molar-refractivity contribution is -0.127. The van der Waals surface area contributed by atoms with Gasteiger partial charge in [0, 0.05) is 43.5 Å². The number of nitrogens with one attached hydrogen (secondary N) is 1. The van der Waals surface area contributed by atoms with Crippen LogP contribution in [0.2, 0.25) is 0 Å². The Balaban J connectivity index is 1.25. The number of hydrogen-bond donors (Lipinski definition) is 1. The van der Waals surface area contributed by atoms with Crippen molar-refractivity contribution in [3.8, 4) is 0 Å². The van der Waals surface area contributed by atoms with Gasteiger partial charge >= 0.3 is 0 Å². The molecule has 1 unspecified atom stereocenters. The minimum Gasteiger partial charge on any atom is -0.353 e. The standard InChI is InChI=1S/C22H37N5O/c1-3-10-27-16-19(17(2)24-27)14-25-12-8-21(9-13-25)26-11-4-5-18(15-26)22(28)23-20-6-7-20/h16,18,20-21H,3-15H2,1-2H3,(H,23,28). The zero-order chi connectivity index (χ0) is 19.5. The van der Waals surface area contributed by atoms with Crippen molar-refractivity contribution in [3.63, 3.8) is 0 Å². The second-order valence-electron chi connectivity index (χ2n) is 9.13. The summed E-state index contributed by atoms with van der Waals surface area (Å²) >= 11 is 0. The molecule has 1 amide bonds. The monoisotopic (exact) mass is 387 g/mol. The van der Waals surface area contributed by atoms with Crippen molar-refractivity contribution in [2.24, 2.45) is 5.92 Å². The third-order valence-electron chi connectivity index (χ3n) is 6.72. The van der Waals surface area contributed by atoms with Crippen LogP contribution in [0.25, 0.3) is 0 Å². The molecule has 2 aliphatic heterocycles. The van der Waals surface area contributed by atoms with Gasteiger partial charge in [-0.1, -0.05) is 6.92 Å². The van der Waals surface area contributed by atoms with E-state index in [1.165, 1.54) is 49.9 Å². The molecule has 28 heavy (non-hydrogen) atoms. The molecule has 1 aromatic heterocycles. The predicted octanol–water partition coefficient (Wildman–Crippen LogP) is 2.56. The number of piperidine rings is 2. The number of hydrogen-bond acceptors (Lipinski definition) is 4. The molecular formula is C22H37N5O. The second-order valence-corrected chi connectivity index (χ2v) is 9.13. The number of nitrogens with zero attached hydrogens (tertiary/aromatic N) is 4. The van der Waals surface area contributed by atoms with E-state index in [-0.39, 0.29) is 5.92 Å². The van der Waals surface area contributed by atoms with Gasteiger partial charge in [-0.05, 0) is 71.5 Å². The highest BCUT2D eigenvalue weighted by atomic mass is 16.2. The van der Waals surface area contributed by atoms with Crippen LogP contribution in [0, 0.1) is 12.8 Å². The van der Waals surface area contributed by atoms with Crippen LogP contribution < -0.4 is 5.32 Å². The van der Waals surface area contributed by atoms with Crippen LogP contribution in [0.3, 0.4) is 0 Å². The summed E-state index contributed by atoms with van der Waals surface area (Å²) in [7, 11) is 0. The molecule has 0 aromatic carbocycles. The second kappa shape index (κ2) is 8.95. The number of aryl methyl sites for hydroxylation is 2. The van der Waals surface area contributed by atoms with Crippen molar-refractivity contribution in [1.82, 2.24) is 24.9 Å². The summed E-state index contributed by atoms with van der Waals surface area (Å²) in [6.45, 7) is 10.8. The maximum atomic E-state index is 12.5. The van der Waals surface area contributed by atoms with Gasteiger partial charge in [0.2, 0.25) is 5.91 Å². The first-order chi connectivity index (χ1) is 13.6. The minimum absolute atomic E-state index is 0.208. The van der Waals surface area contributed by atoms with Crippen molar-refractivity contribution in [1.29, 1.82) is 0 Å².